The lowest BCUT2D eigenvalue weighted by Gasteiger charge is -2.36. The summed E-state index contributed by atoms with van der Waals surface area (Å²) in [6, 6.07) is 10.7. The molecular weight excluding hydrogens is 318 g/mol. The summed E-state index contributed by atoms with van der Waals surface area (Å²) in [6.07, 6.45) is 0.0609. The van der Waals surface area contributed by atoms with E-state index in [0.717, 1.165) is 13.1 Å². The van der Waals surface area contributed by atoms with Gasteiger partial charge in [0.05, 0.1) is 24.4 Å². The molecule has 1 aromatic carbocycles. The average molecular weight is 341 g/mol. The van der Waals surface area contributed by atoms with Gasteiger partial charge in [0, 0.05) is 33.1 Å². The highest BCUT2D eigenvalue weighted by atomic mass is 16.5. The van der Waals surface area contributed by atoms with Crippen molar-refractivity contribution >= 4 is 5.91 Å². The molecule has 25 heavy (non-hydrogen) atoms. The zero-order valence-corrected chi connectivity index (χ0v) is 14.6. The summed E-state index contributed by atoms with van der Waals surface area (Å²) in [5.74, 6) is 0.793. The Morgan fingerprint density at radius 2 is 2.04 bits per heavy atom. The number of fused-ring (bicyclic) bond motifs is 1. The minimum absolute atomic E-state index is 0.0609. The maximum Gasteiger partial charge on any atom is 0.291 e. The summed E-state index contributed by atoms with van der Waals surface area (Å²) in [5, 5.41) is 0. The zero-order valence-electron chi connectivity index (χ0n) is 14.6. The van der Waals surface area contributed by atoms with Gasteiger partial charge in [0.1, 0.15) is 0 Å². The normalized spacial score (nSPS) is 23.7. The Bertz CT molecular complexity index is 759. The van der Waals surface area contributed by atoms with Crippen molar-refractivity contribution in [1.29, 1.82) is 0 Å². The summed E-state index contributed by atoms with van der Waals surface area (Å²) in [4.78, 5) is 21.3. The van der Waals surface area contributed by atoms with Crippen LogP contribution in [0.3, 0.4) is 0 Å². The fraction of sp³-hybridized carbons (Fsp3) is 0.474. The molecule has 132 valence electrons. The molecule has 0 radical (unpaired) electrons. The van der Waals surface area contributed by atoms with Gasteiger partial charge >= 0.3 is 0 Å². The van der Waals surface area contributed by atoms with Gasteiger partial charge in [-0.15, -0.1) is 0 Å². The first-order valence-electron chi connectivity index (χ1n) is 8.74. The first-order chi connectivity index (χ1) is 12.1. The number of ether oxygens (including phenoxy) is 1. The molecule has 6 nitrogen and oxygen atoms in total. The maximum absolute atomic E-state index is 12.8. The molecule has 3 heterocycles. The van der Waals surface area contributed by atoms with E-state index in [9.17, 15) is 4.79 Å². The van der Waals surface area contributed by atoms with Gasteiger partial charge in [-0.05, 0) is 12.5 Å². The number of oxazole rings is 1. The van der Waals surface area contributed by atoms with Crippen molar-refractivity contribution in [3.05, 3.63) is 53.2 Å². The van der Waals surface area contributed by atoms with E-state index in [2.05, 4.69) is 34.1 Å². The summed E-state index contributed by atoms with van der Waals surface area (Å²) in [5.41, 5.74) is 1.94. The maximum atomic E-state index is 12.8. The Hall–Kier alpha value is -2.18. The molecule has 2 saturated heterocycles. The number of aromatic nitrogens is 1. The van der Waals surface area contributed by atoms with E-state index in [1.165, 1.54) is 5.56 Å². The second-order valence-corrected chi connectivity index (χ2v) is 6.79. The van der Waals surface area contributed by atoms with Gasteiger partial charge < -0.3 is 14.1 Å². The number of benzene rings is 1. The number of rotatable bonds is 3. The van der Waals surface area contributed by atoms with E-state index in [0.29, 0.717) is 37.0 Å². The van der Waals surface area contributed by atoms with Gasteiger partial charge in [-0.3, -0.25) is 9.69 Å². The Kier molecular flexibility index (Phi) is 4.31. The van der Waals surface area contributed by atoms with E-state index in [1.807, 2.05) is 17.9 Å². The third-order valence-electron chi connectivity index (χ3n) is 5.03. The molecule has 2 fully saturated rings. The van der Waals surface area contributed by atoms with Crippen LogP contribution in [0.15, 0.2) is 34.7 Å². The van der Waals surface area contributed by atoms with Crippen molar-refractivity contribution in [2.75, 3.05) is 26.2 Å². The molecular formula is C19H23N3O3. The molecule has 1 amide bonds. The smallest absolute Gasteiger partial charge is 0.291 e. The van der Waals surface area contributed by atoms with Crippen LogP contribution >= 0.6 is 0 Å². The minimum atomic E-state index is -0.0873. The number of hydrogen-bond donors (Lipinski definition) is 0. The SMILES string of the molecule is Cc1nc(C)c(C(=O)N2C[C@@H]3[C@@H](C2)OCCN3Cc2ccccc2)o1. The Morgan fingerprint density at radius 3 is 2.76 bits per heavy atom. The van der Waals surface area contributed by atoms with Crippen LogP contribution in [0.2, 0.25) is 0 Å². The zero-order chi connectivity index (χ0) is 17.4. The molecule has 6 heteroatoms. The summed E-state index contributed by atoms with van der Waals surface area (Å²) in [7, 11) is 0. The third-order valence-corrected chi connectivity index (χ3v) is 5.03. The Morgan fingerprint density at radius 1 is 1.24 bits per heavy atom. The number of hydrogen-bond acceptors (Lipinski definition) is 5. The van der Waals surface area contributed by atoms with Gasteiger partial charge in [-0.25, -0.2) is 4.98 Å². The lowest BCUT2D eigenvalue weighted by molar-refractivity contribution is -0.0503. The fourth-order valence-corrected chi connectivity index (χ4v) is 3.81. The molecule has 2 aliphatic rings. The summed E-state index contributed by atoms with van der Waals surface area (Å²) < 4.78 is 11.4. The predicted octanol–water partition coefficient (Wildman–Crippen LogP) is 2.02. The topological polar surface area (TPSA) is 58.8 Å². The molecule has 4 rings (SSSR count). The van der Waals surface area contributed by atoms with Crippen LogP contribution in [0.4, 0.5) is 0 Å². The first kappa shape index (κ1) is 16.3. The molecule has 0 spiro atoms. The quantitative estimate of drug-likeness (QED) is 0.855. The number of nitrogens with zero attached hydrogens (tertiary/aromatic N) is 3. The number of carbonyl (C=O) groups excluding carboxylic acids is 1. The van der Waals surface area contributed by atoms with Crippen molar-refractivity contribution < 1.29 is 13.9 Å². The molecule has 2 aromatic rings. The summed E-state index contributed by atoms with van der Waals surface area (Å²) in [6.45, 7) is 7.32. The van der Waals surface area contributed by atoms with Crippen molar-refractivity contribution in [3.63, 3.8) is 0 Å². The van der Waals surface area contributed by atoms with E-state index in [1.54, 1.807) is 6.92 Å². The van der Waals surface area contributed by atoms with Gasteiger partial charge in [-0.1, -0.05) is 30.3 Å². The molecule has 1 aromatic heterocycles. The molecule has 0 bridgehead atoms. The minimum Gasteiger partial charge on any atom is -0.436 e. The second kappa shape index (κ2) is 6.61. The lowest BCUT2D eigenvalue weighted by atomic mass is 10.1. The van der Waals surface area contributed by atoms with E-state index < -0.39 is 0 Å². The second-order valence-electron chi connectivity index (χ2n) is 6.79. The van der Waals surface area contributed by atoms with E-state index >= 15 is 0 Å². The first-order valence-corrected chi connectivity index (χ1v) is 8.74. The van der Waals surface area contributed by atoms with Crippen molar-refractivity contribution in [1.82, 2.24) is 14.8 Å². The molecule has 2 aliphatic heterocycles. The number of carbonyl (C=O) groups is 1. The van der Waals surface area contributed by atoms with Gasteiger partial charge in [0.15, 0.2) is 5.89 Å². The van der Waals surface area contributed by atoms with Crippen LogP contribution in [0.1, 0.15) is 27.7 Å². The largest absolute Gasteiger partial charge is 0.436 e. The van der Waals surface area contributed by atoms with Crippen LogP contribution in [-0.2, 0) is 11.3 Å². The predicted molar refractivity (Wildman–Crippen MR) is 92.3 cm³/mol. The van der Waals surface area contributed by atoms with Gasteiger partial charge in [-0.2, -0.15) is 0 Å². The molecule has 0 unspecified atom stereocenters. The van der Waals surface area contributed by atoms with Gasteiger partial charge in [0.25, 0.3) is 5.91 Å². The number of likely N-dealkylation sites (tertiary alicyclic amines) is 1. The standard InChI is InChI=1S/C19H23N3O3/c1-13-18(25-14(2)20-13)19(23)22-11-16-17(12-22)24-9-8-21(16)10-15-6-4-3-5-7-15/h3-7,16-17H,8-12H2,1-2H3/t16-,17-/m1/s1. The fourth-order valence-electron chi connectivity index (χ4n) is 3.81. The third kappa shape index (κ3) is 3.19. The molecule has 0 saturated carbocycles. The lowest BCUT2D eigenvalue weighted by Crippen LogP contribution is -2.50. The average Bonchev–Trinajstić information content (AvgIpc) is 3.19. The number of morpholine rings is 1. The highest BCUT2D eigenvalue weighted by Crippen LogP contribution is 2.26. The molecule has 2 atom stereocenters. The molecule has 0 N–H and O–H groups in total. The van der Waals surface area contributed by atoms with Crippen LogP contribution in [-0.4, -0.2) is 59.1 Å². The number of amides is 1. The van der Waals surface area contributed by atoms with Crippen LogP contribution < -0.4 is 0 Å². The van der Waals surface area contributed by atoms with Crippen molar-refractivity contribution in [3.8, 4) is 0 Å². The van der Waals surface area contributed by atoms with Crippen LogP contribution in [0.25, 0.3) is 0 Å². The van der Waals surface area contributed by atoms with Gasteiger partial charge in [0.2, 0.25) is 5.76 Å². The molecule has 0 aliphatic carbocycles. The van der Waals surface area contributed by atoms with E-state index in [4.69, 9.17) is 9.15 Å². The highest BCUT2D eigenvalue weighted by Gasteiger charge is 2.42. The number of aryl methyl sites for hydroxylation is 2. The Balaban J connectivity index is 1.49. The van der Waals surface area contributed by atoms with Crippen molar-refractivity contribution in [2.24, 2.45) is 0 Å². The highest BCUT2D eigenvalue weighted by molar-refractivity contribution is 5.92. The van der Waals surface area contributed by atoms with Crippen LogP contribution in [0.5, 0.6) is 0 Å². The van der Waals surface area contributed by atoms with Crippen LogP contribution in [0, 0.1) is 13.8 Å². The van der Waals surface area contributed by atoms with E-state index in [-0.39, 0.29) is 18.1 Å². The summed E-state index contributed by atoms with van der Waals surface area (Å²) >= 11 is 0. The monoisotopic (exact) mass is 341 g/mol. The van der Waals surface area contributed by atoms with Crippen molar-refractivity contribution in [2.45, 2.75) is 32.5 Å². The Labute approximate surface area is 147 Å².